The minimum atomic E-state index is 0.0122. The van der Waals surface area contributed by atoms with Gasteiger partial charge in [-0.2, -0.15) is 0 Å². The predicted octanol–water partition coefficient (Wildman–Crippen LogP) is 3.39. The average molecular weight is 335 g/mol. The Bertz CT molecular complexity index is 828. The summed E-state index contributed by atoms with van der Waals surface area (Å²) in [5.41, 5.74) is 5.20. The number of nitrogens with one attached hydrogen (secondary N) is 5. The fraction of sp³-hybridized carbons (Fsp3) is 0.158. The number of carbonyl (C=O) groups is 1. The molecule has 5 N–H and O–H groups in total. The van der Waals surface area contributed by atoms with Crippen LogP contribution in [0.15, 0.2) is 48.7 Å². The number of benzene rings is 2. The molecule has 1 heterocycles. The van der Waals surface area contributed by atoms with E-state index in [9.17, 15) is 4.79 Å². The molecular weight excluding hydrogens is 314 g/mol. The summed E-state index contributed by atoms with van der Waals surface area (Å²) >= 11 is 0. The monoisotopic (exact) mass is 335 g/mol. The van der Waals surface area contributed by atoms with Crippen molar-refractivity contribution < 1.29 is 4.79 Å². The van der Waals surface area contributed by atoms with Gasteiger partial charge in [0, 0.05) is 43.7 Å². The zero-order valence-electron chi connectivity index (χ0n) is 14.0. The highest BCUT2D eigenvalue weighted by Gasteiger charge is 2.15. The van der Waals surface area contributed by atoms with Crippen LogP contribution in [0.25, 0.3) is 5.57 Å². The summed E-state index contributed by atoms with van der Waals surface area (Å²) in [5.74, 6) is 0.0122. The lowest BCUT2D eigenvalue weighted by Gasteiger charge is -2.16. The quantitative estimate of drug-likeness (QED) is 0.542. The summed E-state index contributed by atoms with van der Waals surface area (Å²) in [7, 11) is 1.81. The van der Waals surface area contributed by atoms with Gasteiger partial charge in [-0.25, -0.2) is 0 Å². The normalized spacial score (nSPS) is 13.8. The average Bonchev–Trinajstić information content (AvgIpc) is 2.81. The lowest BCUT2D eigenvalue weighted by atomic mass is 10.1. The minimum Gasteiger partial charge on any atom is -0.393 e. The van der Waals surface area contributed by atoms with Gasteiger partial charge in [-0.1, -0.05) is 18.2 Å². The van der Waals surface area contributed by atoms with E-state index >= 15 is 0 Å². The highest BCUT2D eigenvalue weighted by molar-refractivity contribution is 6.08. The van der Waals surface area contributed by atoms with Crippen LogP contribution in [-0.2, 0) is 4.79 Å². The lowest BCUT2D eigenvalue weighted by molar-refractivity contribution is -0.115. The molecule has 0 fully saturated rings. The molecule has 1 aliphatic rings. The molecule has 0 saturated heterocycles. The van der Waals surface area contributed by atoms with Crippen molar-refractivity contribution in [1.82, 2.24) is 5.32 Å². The molecule has 0 saturated carbocycles. The Hall–Kier alpha value is -3.28. The molecule has 6 nitrogen and oxygen atoms in total. The van der Waals surface area contributed by atoms with Crippen LogP contribution in [0.5, 0.6) is 0 Å². The second kappa shape index (κ2) is 7.53. The molecule has 2 aromatic rings. The van der Waals surface area contributed by atoms with Crippen molar-refractivity contribution in [3.05, 3.63) is 54.2 Å². The van der Waals surface area contributed by atoms with Gasteiger partial charge in [0.2, 0.25) is 5.91 Å². The third-order valence-electron chi connectivity index (χ3n) is 3.92. The molecule has 0 bridgehead atoms. The Labute approximate surface area is 146 Å². The smallest absolute Gasteiger partial charge is 0.226 e. The third kappa shape index (κ3) is 3.80. The van der Waals surface area contributed by atoms with E-state index in [4.69, 9.17) is 5.41 Å². The minimum absolute atomic E-state index is 0.0122. The number of rotatable bonds is 5. The molecule has 2 aromatic carbocycles. The fourth-order valence-corrected chi connectivity index (χ4v) is 2.76. The van der Waals surface area contributed by atoms with Crippen molar-refractivity contribution in [1.29, 1.82) is 5.41 Å². The number of anilines is 4. The number of amides is 1. The Morgan fingerprint density at radius 3 is 2.88 bits per heavy atom. The second-order valence-electron chi connectivity index (χ2n) is 5.69. The number of allylic oxidation sites excluding steroid dienone is 1. The Kier molecular flexibility index (Phi) is 4.99. The van der Waals surface area contributed by atoms with Crippen LogP contribution in [0.4, 0.5) is 22.7 Å². The van der Waals surface area contributed by atoms with Crippen LogP contribution in [0, 0.1) is 5.41 Å². The van der Waals surface area contributed by atoms with Crippen LogP contribution in [0.3, 0.4) is 0 Å². The highest BCUT2D eigenvalue weighted by atomic mass is 16.1. The molecule has 128 valence electrons. The van der Waals surface area contributed by atoms with Gasteiger partial charge in [0.15, 0.2) is 0 Å². The molecule has 0 unspecified atom stereocenters. The Balaban J connectivity index is 1.91. The topological polar surface area (TPSA) is 89.0 Å². The number of hydrogen-bond donors (Lipinski definition) is 5. The first-order valence-electron chi connectivity index (χ1n) is 8.13. The molecule has 0 aromatic heterocycles. The maximum absolute atomic E-state index is 11.7. The van der Waals surface area contributed by atoms with Crippen LogP contribution in [0.2, 0.25) is 0 Å². The van der Waals surface area contributed by atoms with Crippen LogP contribution in [-0.4, -0.2) is 25.7 Å². The molecule has 1 aliphatic heterocycles. The number of hydrogen-bond acceptors (Lipinski definition) is 5. The number of fused-ring (bicyclic) bond motifs is 1. The van der Waals surface area contributed by atoms with Gasteiger partial charge >= 0.3 is 0 Å². The van der Waals surface area contributed by atoms with Crippen molar-refractivity contribution in [2.75, 3.05) is 29.5 Å². The van der Waals surface area contributed by atoms with E-state index in [0.717, 1.165) is 33.9 Å². The van der Waals surface area contributed by atoms with E-state index in [1.54, 1.807) is 6.20 Å². The van der Waals surface area contributed by atoms with Crippen molar-refractivity contribution in [3.63, 3.8) is 0 Å². The highest BCUT2D eigenvalue weighted by Crippen LogP contribution is 2.34. The molecule has 0 atom stereocenters. The van der Waals surface area contributed by atoms with Gasteiger partial charge in [-0.05, 0) is 29.8 Å². The van der Waals surface area contributed by atoms with Gasteiger partial charge in [-0.3, -0.25) is 4.79 Å². The van der Waals surface area contributed by atoms with Crippen LogP contribution >= 0.6 is 0 Å². The van der Waals surface area contributed by atoms with E-state index in [1.165, 1.54) is 6.21 Å². The number of para-hydroxylation sites is 1. The summed E-state index contributed by atoms with van der Waals surface area (Å²) in [4.78, 5) is 11.7. The summed E-state index contributed by atoms with van der Waals surface area (Å²) < 4.78 is 0. The molecule has 3 rings (SSSR count). The second-order valence-corrected chi connectivity index (χ2v) is 5.69. The standard InChI is InChI=1S/C19H21N5O/c1-21-12-14(11-20)13-4-2-5-15(10-13)23-16-6-3-7-17-19(16)22-9-8-18(25)24-17/h2-7,10-12,20-23H,8-9H2,1H3,(H,24,25)/b14-12+,20-11?. The summed E-state index contributed by atoms with van der Waals surface area (Å²) in [6, 6.07) is 13.6. The first-order chi connectivity index (χ1) is 12.2. The summed E-state index contributed by atoms with van der Waals surface area (Å²) in [6.45, 7) is 0.598. The Morgan fingerprint density at radius 2 is 2.08 bits per heavy atom. The molecule has 0 spiro atoms. The summed E-state index contributed by atoms with van der Waals surface area (Å²) in [5, 5.41) is 20.1. The number of carbonyl (C=O) groups excluding carboxylic acids is 1. The molecule has 0 aliphatic carbocycles. The van der Waals surface area contributed by atoms with E-state index in [2.05, 4.69) is 21.3 Å². The maximum Gasteiger partial charge on any atom is 0.226 e. The summed E-state index contributed by atoms with van der Waals surface area (Å²) in [6.07, 6.45) is 3.56. The fourth-order valence-electron chi connectivity index (χ4n) is 2.76. The molecule has 1 amide bonds. The van der Waals surface area contributed by atoms with Crippen molar-refractivity contribution in [2.24, 2.45) is 0 Å². The van der Waals surface area contributed by atoms with Gasteiger partial charge in [0.05, 0.1) is 17.1 Å². The molecule has 25 heavy (non-hydrogen) atoms. The van der Waals surface area contributed by atoms with E-state index in [0.29, 0.717) is 13.0 Å². The first kappa shape index (κ1) is 16.6. The van der Waals surface area contributed by atoms with Gasteiger partial charge < -0.3 is 26.7 Å². The molecular formula is C19H21N5O. The van der Waals surface area contributed by atoms with Gasteiger partial charge in [0.1, 0.15) is 0 Å². The van der Waals surface area contributed by atoms with E-state index in [-0.39, 0.29) is 5.91 Å². The van der Waals surface area contributed by atoms with Crippen molar-refractivity contribution >= 4 is 40.4 Å². The zero-order valence-corrected chi connectivity index (χ0v) is 14.0. The first-order valence-corrected chi connectivity index (χ1v) is 8.13. The molecule has 6 heteroatoms. The van der Waals surface area contributed by atoms with Gasteiger partial charge in [0.25, 0.3) is 0 Å². The van der Waals surface area contributed by atoms with Crippen LogP contribution in [0.1, 0.15) is 12.0 Å². The predicted molar refractivity (Wildman–Crippen MR) is 104 cm³/mol. The third-order valence-corrected chi connectivity index (χ3v) is 3.92. The lowest BCUT2D eigenvalue weighted by Crippen LogP contribution is -2.10. The maximum atomic E-state index is 11.7. The Morgan fingerprint density at radius 1 is 1.24 bits per heavy atom. The van der Waals surface area contributed by atoms with Crippen molar-refractivity contribution in [2.45, 2.75) is 6.42 Å². The largest absolute Gasteiger partial charge is 0.393 e. The van der Waals surface area contributed by atoms with E-state index in [1.807, 2.05) is 49.5 Å². The van der Waals surface area contributed by atoms with Crippen molar-refractivity contribution in [3.8, 4) is 0 Å². The SMILES string of the molecule is CN/C=C(\C=N)c1cccc(Nc2cccc3c2NCCC(=O)N3)c1. The zero-order chi connectivity index (χ0) is 17.6. The molecule has 0 radical (unpaired) electrons. The van der Waals surface area contributed by atoms with E-state index < -0.39 is 0 Å². The van der Waals surface area contributed by atoms with Gasteiger partial charge in [-0.15, -0.1) is 0 Å². The van der Waals surface area contributed by atoms with Crippen LogP contribution < -0.4 is 21.3 Å².